The van der Waals surface area contributed by atoms with E-state index in [1.165, 1.54) is 0 Å². The molecule has 0 fully saturated rings. The molecule has 0 aliphatic carbocycles. The Morgan fingerprint density at radius 2 is 1.56 bits per heavy atom. The van der Waals surface area contributed by atoms with E-state index in [1.54, 1.807) is 41.5 Å². The van der Waals surface area contributed by atoms with E-state index >= 15 is 0 Å². The minimum Gasteiger partial charge on any atom is -0.481 e. The zero-order valence-corrected chi connectivity index (χ0v) is 11.0. The first-order chi connectivity index (χ1) is 6.93. The average Bonchev–Trinajstić information content (AvgIpc) is 1.93. The van der Waals surface area contributed by atoms with E-state index in [2.05, 4.69) is 0 Å². The van der Waals surface area contributed by atoms with Gasteiger partial charge in [-0.1, -0.05) is 20.8 Å². The average molecular weight is 230 g/mol. The molecule has 0 unspecified atom stereocenters. The monoisotopic (exact) mass is 230 g/mol. The number of hydrogen-bond acceptors (Lipinski definition) is 3. The predicted molar refractivity (Wildman–Crippen MR) is 61.0 cm³/mol. The molecule has 16 heavy (non-hydrogen) atoms. The fraction of sp³-hybridized carbons (Fsp3) is 0.833. The zero-order valence-electron chi connectivity index (χ0n) is 11.0. The van der Waals surface area contributed by atoms with Crippen molar-refractivity contribution in [3.63, 3.8) is 0 Å². The lowest BCUT2D eigenvalue weighted by Crippen LogP contribution is -2.33. The van der Waals surface area contributed by atoms with Gasteiger partial charge in [0.1, 0.15) is 5.60 Å². The Balaban J connectivity index is 4.56. The minimum absolute atomic E-state index is 0.0872. The molecule has 0 saturated heterocycles. The van der Waals surface area contributed by atoms with Crippen LogP contribution >= 0.6 is 0 Å². The smallest absolute Gasteiger partial charge is 0.307 e. The van der Waals surface area contributed by atoms with Gasteiger partial charge >= 0.3 is 11.9 Å². The lowest BCUT2D eigenvalue weighted by Gasteiger charge is -2.27. The maximum atomic E-state index is 11.5. The topological polar surface area (TPSA) is 63.6 Å². The SMILES string of the molecule is CC(C)(C)OC(=O)C[C@H](C(=O)O)C(C)(C)C. The van der Waals surface area contributed by atoms with Gasteiger partial charge in [0.2, 0.25) is 0 Å². The van der Waals surface area contributed by atoms with Crippen LogP contribution in [0.2, 0.25) is 0 Å². The van der Waals surface area contributed by atoms with Crippen molar-refractivity contribution >= 4 is 11.9 Å². The van der Waals surface area contributed by atoms with Crippen LogP contribution < -0.4 is 0 Å². The number of carboxylic acids is 1. The summed E-state index contributed by atoms with van der Waals surface area (Å²) in [5.74, 6) is -2.14. The molecule has 0 rings (SSSR count). The first-order valence-corrected chi connectivity index (χ1v) is 5.38. The predicted octanol–water partition coefficient (Wildman–Crippen LogP) is 2.47. The molecular formula is C12H22O4. The summed E-state index contributed by atoms with van der Waals surface area (Å²) in [6.07, 6.45) is -0.0872. The quantitative estimate of drug-likeness (QED) is 0.756. The van der Waals surface area contributed by atoms with Crippen LogP contribution in [-0.2, 0) is 14.3 Å². The van der Waals surface area contributed by atoms with Crippen LogP contribution in [-0.4, -0.2) is 22.6 Å². The highest BCUT2D eigenvalue weighted by atomic mass is 16.6. The summed E-state index contributed by atoms with van der Waals surface area (Å²) in [4.78, 5) is 22.6. The Labute approximate surface area is 97.0 Å². The van der Waals surface area contributed by atoms with Crippen molar-refractivity contribution in [2.24, 2.45) is 11.3 Å². The molecule has 0 aliphatic heterocycles. The van der Waals surface area contributed by atoms with Crippen LogP contribution in [0, 0.1) is 11.3 Å². The van der Waals surface area contributed by atoms with E-state index in [9.17, 15) is 9.59 Å². The Kier molecular flexibility index (Phi) is 4.53. The normalized spacial score (nSPS) is 14.4. The van der Waals surface area contributed by atoms with Gasteiger partial charge in [-0.15, -0.1) is 0 Å². The van der Waals surface area contributed by atoms with Gasteiger partial charge < -0.3 is 9.84 Å². The molecule has 0 aromatic heterocycles. The van der Waals surface area contributed by atoms with Gasteiger partial charge in [-0.05, 0) is 26.2 Å². The number of esters is 1. The molecule has 4 nitrogen and oxygen atoms in total. The van der Waals surface area contributed by atoms with E-state index in [4.69, 9.17) is 9.84 Å². The molecule has 0 spiro atoms. The summed E-state index contributed by atoms with van der Waals surface area (Å²) in [5, 5.41) is 9.05. The highest BCUT2D eigenvalue weighted by molar-refractivity contribution is 5.79. The van der Waals surface area contributed by atoms with Crippen LogP contribution in [0.3, 0.4) is 0 Å². The molecule has 1 N–H and O–H groups in total. The summed E-state index contributed by atoms with van der Waals surface area (Å²) in [6.45, 7) is 10.7. The van der Waals surface area contributed by atoms with Crippen molar-refractivity contribution in [2.45, 2.75) is 53.6 Å². The lowest BCUT2D eigenvalue weighted by molar-refractivity contribution is -0.162. The molecule has 0 heterocycles. The third-order valence-electron chi connectivity index (χ3n) is 2.13. The first-order valence-electron chi connectivity index (χ1n) is 5.38. The first kappa shape index (κ1) is 14.9. The van der Waals surface area contributed by atoms with Gasteiger partial charge in [-0.2, -0.15) is 0 Å². The van der Waals surface area contributed by atoms with Crippen molar-refractivity contribution in [3.05, 3.63) is 0 Å². The van der Waals surface area contributed by atoms with Gasteiger partial charge in [0.05, 0.1) is 12.3 Å². The van der Waals surface area contributed by atoms with Gasteiger partial charge in [0, 0.05) is 0 Å². The number of rotatable bonds is 3. The number of aliphatic carboxylic acids is 1. The number of carbonyl (C=O) groups is 2. The van der Waals surface area contributed by atoms with Crippen LogP contribution in [0.25, 0.3) is 0 Å². The standard InChI is InChI=1S/C12H22O4/c1-11(2,3)8(10(14)15)7-9(13)16-12(4,5)6/h8H,7H2,1-6H3,(H,14,15)/t8-/m1/s1. The lowest BCUT2D eigenvalue weighted by atomic mass is 9.79. The van der Waals surface area contributed by atoms with E-state index in [1.807, 2.05) is 0 Å². The molecule has 0 radical (unpaired) electrons. The maximum Gasteiger partial charge on any atom is 0.307 e. The molecule has 4 heteroatoms. The molecule has 0 aromatic carbocycles. The van der Waals surface area contributed by atoms with Gasteiger partial charge in [-0.25, -0.2) is 0 Å². The highest BCUT2D eigenvalue weighted by Gasteiger charge is 2.34. The summed E-state index contributed by atoms with van der Waals surface area (Å²) in [7, 11) is 0. The molecule has 1 atom stereocenters. The van der Waals surface area contributed by atoms with E-state index in [0.717, 1.165) is 0 Å². The largest absolute Gasteiger partial charge is 0.481 e. The van der Waals surface area contributed by atoms with Crippen molar-refractivity contribution in [2.75, 3.05) is 0 Å². The molecule has 0 amide bonds. The second kappa shape index (κ2) is 4.85. The summed E-state index contributed by atoms with van der Waals surface area (Å²) < 4.78 is 5.11. The number of carbonyl (C=O) groups excluding carboxylic acids is 1. The minimum atomic E-state index is -0.960. The molecule has 0 aliphatic rings. The van der Waals surface area contributed by atoms with E-state index in [-0.39, 0.29) is 6.42 Å². The molecular weight excluding hydrogens is 208 g/mol. The second-order valence-electron chi connectivity index (χ2n) is 6.05. The van der Waals surface area contributed by atoms with Crippen molar-refractivity contribution in [3.8, 4) is 0 Å². The van der Waals surface area contributed by atoms with Crippen LogP contribution in [0.15, 0.2) is 0 Å². The summed E-state index contributed by atoms with van der Waals surface area (Å²) in [6, 6.07) is 0. The summed E-state index contributed by atoms with van der Waals surface area (Å²) in [5.41, 5.74) is -1.03. The van der Waals surface area contributed by atoms with Crippen LogP contribution in [0.1, 0.15) is 48.0 Å². The Morgan fingerprint density at radius 1 is 1.12 bits per heavy atom. The van der Waals surface area contributed by atoms with Crippen molar-refractivity contribution in [1.82, 2.24) is 0 Å². The number of carboxylic acid groups (broad SMARTS) is 1. The third kappa shape index (κ3) is 5.73. The molecule has 0 saturated carbocycles. The van der Waals surface area contributed by atoms with Gasteiger partial charge in [0.25, 0.3) is 0 Å². The molecule has 0 bridgehead atoms. The van der Waals surface area contributed by atoms with Crippen molar-refractivity contribution in [1.29, 1.82) is 0 Å². The Morgan fingerprint density at radius 3 is 1.81 bits per heavy atom. The fourth-order valence-corrected chi connectivity index (χ4v) is 1.31. The van der Waals surface area contributed by atoms with Crippen LogP contribution in [0.5, 0.6) is 0 Å². The van der Waals surface area contributed by atoms with Crippen molar-refractivity contribution < 1.29 is 19.4 Å². The summed E-state index contributed by atoms with van der Waals surface area (Å²) >= 11 is 0. The Bertz CT molecular complexity index is 268. The zero-order chi connectivity index (χ0) is 13.1. The van der Waals surface area contributed by atoms with Gasteiger partial charge in [-0.3, -0.25) is 9.59 Å². The maximum absolute atomic E-state index is 11.5. The highest BCUT2D eigenvalue weighted by Crippen LogP contribution is 2.29. The number of hydrogen-bond donors (Lipinski definition) is 1. The molecule has 0 aromatic rings. The van der Waals surface area contributed by atoms with E-state index < -0.39 is 28.9 Å². The number of ether oxygens (including phenoxy) is 1. The van der Waals surface area contributed by atoms with Crippen LogP contribution in [0.4, 0.5) is 0 Å². The fourth-order valence-electron chi connectivity index (χ4n) is 1.31. The second-order valence-corrected chi connectivity index (χ2v) is 6.05. The van der Waals surface area contributed by atoms with E-state index in [0.29, 0.717) is 0 Å². The Hall–Kier alpha value is -1.06. The third-order valence-corrected chi connectivity index (χ3v) is 2.13. The van der Waals surface area contributed by atoms with Gasteiger partial charge in [0.15, 0.2) is 0 Å². The molecule has 94 valence electrons.